The lowest BCUT2D eigenvalue weighted by Gasteiger charge is -2.54. The Morgan fingerprint density at radius 1 is 1.44 bits per heavy atom. The Kier molecular flexibility index (Phi) is 5.06. The van der Waals surface area contributed by atoms with E-state index >= 15 is 0 Å². The lowest BCUT2D eigenvalue weighted by Crippen LogP contribution is -2.59. The maximum Gasteiger partial charge on any atom is 0.273 e. The molecular formula is C18H28N4O2S. The van der Waals surface area contributed by atoms with Gasteiger partial charge in [-0.2, -0.15) is 0 Å². The van der Waals surface area contributed by atoms with Crippen LogP contribution in [0.15, 0.2) is 10.6 Å². The Balaban J connectivity index is 1.33. The van der Waals surface area contributed by atoms with Crippen molar-refractivity contribution in [2.45, 2.75) is 68.9 Å². The van der Waals surface area contributed by atoms with Gasteiger partial charge in [-0.25, -0.2) is 4.31 Å². The van der Waals surface area contributed by atoms with Crippen LogP contribution in [0.3, 0.4) is 0 Å². The van der Waals surface area contributed by atoms with Gasteiger partial charge >= 0.3 is 0 Å². The predicted molar refractivity (Wildman–Crippen MR) is 98.4 cm³/mol. The molecule has 3 fully saturated rings. The van der Waals surface area contributed by atoms with Gasteiger partial charge < -0.3 is 15.6 Å². The van der Waals surface area contributed by atoms with Gasteiger partial charge in [-0.15, -0.1) is 0 Å². The first-order chi connectivity index (χ1) is 12.2. The molecule has 2 heterocycles. The summed E-state index contributed by atoms with van der Waals surface area (Å²) in [6, 6.07) is 2.06. The Bertz CT molecular complexity index is 612. The SMILES string of the molecule is NCCCSN1CCC(NC(=O)c2cc(C3CC3)on2)CC12CCC2. The first-order valence-electron chi connectivity index (χ1n) is 9.58. The molecule has 4 rings (SSSR count). The Morgan fingerprint density at radius 2 is 2.28 bits per heavy atom. The van der Waals surface area contributed by atoms with E-state index in [1.807, 2.05) is 18.0 Å². The second-order valence-electron chi connectivity index (χ2n) is 7.71. The maximum absolute atomic E-state index is 12.5. The molecule has 0 bridgehead atoms. The van der Waals surface area contributed by atoms with Crippen LogP contribution in [-0.2, 0) is 0 Å². The summed E-state index contributed by atoms with van der Waals surface area (Å²) in [5.41, 5.74) is 6.33. The smallest absolute Gasteiger partial charge is 0.273 e. The Hall–Kier alpha value is -1.05. The van der Waals surface area contributed by atoms with E-state index in [9.17, 15) is 4.79 Å². The van der Waals surface area contributed by atoms with E-state index in [1.54, 1.807) is 0 Å². The molecule has 0 radical (unpaired) electrons. The van der Waals surface area contributed by atoms with Gasteiger partial charge in [0, 0.05) is 35.9 Å². The van der Waals surface area contributed by atoms with Crippen LogP contribution >= 0.6 is 11.9 Å². The summed E-state index contributed by atoms with van der Waals surface area (Å²) in [7, 11) is 0. The standard InChI is InChI=1S/C18H28N4O2S/c19-8-2-10-25-22-9-5-14(12-18(22)6-1-7-18)20-17(23)15-11-16(24-21-15)13-3-4-13/h11,13-14H,1-10,12,19H2,(H,20,23). The molecule has 3 N–H and O–H groups in total. The molecule has 1 aromatic heterocycles. The van der Waals surface area contributed by atoms with Gasteiger partial charge in [0.2, 0.25) is 0 Å². The third-order valence-corrected chi connectivity index (χ3v) is 7.14. The van der Waals surface area contributed by atoms with Crippen LogP contribution in [0.2, 0.25) is 0 Å². The lowest BCUT2D eigenvalue weighted by molar-refractivity contribution is 0.0406. The summed E-state index contributed by atoms with van der Waals surface area (Å²) < 4.78 is 7.89. The van der Waals surface area contributed by atoms with Gasteiger partial charge in [-0.05, 0) is 57.9 Å². The minimum Gasteiger partial charge on any atom is -0.360 e. The van der Waals surface area contributed by atoms with Crippen molar-refractivity contribution in [1.29, 1.82) is 0 Å². The summed E-state index contributed by atoms with van der Waals surface area (Å²) in [6.45, 7) is 1.79. The number of hydrogen-bond acceptors (Lipinski definition) is 6. The van der Waals surface area contributed by atoms with E-state index in [4.69, 9.17) is 10.3 Å². The number of nitrogens with two attached hydrogens (primary N) is 1. The topological polar surface area (TPSA) is 84.4 Å². The zero-order valence-corrected chi connectivity index (χ0v) is 15.5. The van der Waals surface area contributed by atoms with Crippen LogP contribution < -0.4 is 11.1 Å². The van der Waals surface area contributed by atoms with Gasteiger partial charge in [0.25, 0.3) is 5.91 Å². The van der Waals surface area contributed by atoms with Crippen molar-refractivity contribution in [2.24, 2.45) is 5.73 Å². The molecule has 2 aliphatic carbocycles. The predicted octanol–water partition coefficient (Wildman–Crippen LogP) is 2.67. The van der Waals surface area contributed by atoms with E-state index in [0.29, 0.717) is 11.6 Å². The zero-order valence-electron chi connectivity index (χ0n) is 14.7. The highest BCUT2D eigenvalue weighted by atomic mass is 32.2. The van der Waals surface area contributed by atoms with Gasteiger partial charge in [0.1, 0.15) is 5.76 Å². The van der Waals surface area contributed by atoms with E-state index in [0.717, 1.165) is 56.7 Å². The van der Waals surface area contributed by atoms with Gasteiger partial charge in [0.05, 0.1) is 0 Å². The highest BCUT2D eigenvalue weighted by Gasteiger charge is 2.47. The number of nitrogens with one attached hydrogen (secondary N) is 1. The quantitative estimate of drug-likeness (QED) is 0.572. The van der Waals surface area contributed by atoms with E-state index in [2.05, 4.69) is 14.8 Å². The maximum atomic E-state index is 12.5. The molecule has 1 saturated heterocycles. The molecule has 25 heavy (non-hydrogen) atoms. The fraction of sp³-hybridized carbons (Fsp3) is 0.778. The molecule has 1 amide bonds. The molecule has 7 heteroatoms. The highest BCUT2D eigenvalue weighted by molar-refractivity contribution is 7.97. The molecule has 6 nitrogen and oxygen atoms in total. The summed E-state index contributed by atoms with van der Waals surface area (Å²) in [5.74, 6) is 2.37. The Morgan fingerprint density at radius 3 is 2.96 bits per heavy atom. The van der Waals surface area contributed by atoms with Crippen molar-refractivity contribution in [2.75, 3.05) is 18.8 Å². The Labute approximate surface area is 153 Å². The van der Waals surface area contributed by atoms with Crippen molar-refractivity contribution in [3.8, 4) is 0 Å². The molecule has 2 saturated carbocycles. The second kappa shape index (κ2) is 7.29. The number of rotatable bonds is 7. The number of amides is 1. The summed E-state index contributed by atoms with van der Waals surface area (Å²) in [5, 5.41) is 7.17. The summed E-state index contributed by atoms with van der Waals surface area (Å²) in [6.07, 6.45) is 9.18. The summed E-state index contributed by atoms with van der Waals surface area (Å²) >= 11 is 1.95. The third kappa shape index (κ3) is 3.73. The van der Waals surface area contributed by atoms with Crippen LogP contribution in [0, 0.1) is 0 Å². The molecule has 1 aliphatic heterocycles. The molecule has 3 aliphatic rings. The lowest BCUT2D eigenvalue weighted by atomic mass is 9.70. The first-order valence-corrected chi connectivity index (χ1v) is 10.5. The first kappa shape index (κ1) is 17.4. The fourth-order valence-corrected chi connectivity index (χ4v) is 5.29. The zero-order chi connectivity index (χ0) is 17.3. The number of piperidine rings is 1. The van der Waals surface area contributed by atoms with Crippen molar-refractivity contribution in [1.82, 2.24) is 14.8 Å². The molecule has 1 spiro atoms. The van der Waals surface area contributed by atoms with E-state index in [1.165, 1.54) is 19.3 Å². The molecule has 1 atom stereocenters. The number of hydrogen-bond donors (Lipinski definition) is 2. The molecule has 138 valence electrons. The third-order valence-electron chi connectivity index (χ3n) is 5.79. The van der Waals surface area contributed by atoms with E-state index < -0.39 is 0 Å². The van der Waals surface area contributed by atoms with Crippen LogP contribution in [0.1, 0.15) is 73.5 Å². The van der Waals surface area contributed by atoms with Crippen LogP contribution in [0.5, 0.6) is 0 Å². The second-order valence-corrected chi connectivity index (χ2v) is 8.81. The molecular weight excluding hydrogens is 336 g/mol. The average Bonchev–Trinajstić information content (AvgIpc) is 3.31. The van der Waals surface area contributed by atoms with Crippen molar-refractivity contribution in [3.05, 3.63) is 17.5 Å². The van der Waals surface area contributed by atoms with Crippen LogP contribution in [-0.4, -0.2) is 45.8 Å². The van der Waals surface area contributed by atoms with Crippen LogP contribution in [0.4, 0.5) is 0 Å². The molecule has 1 aromatic rings. The van der Waals surface area contributed by atoms with Crippen molar-refractivity contribution >= 4 is 17.9 Å². The molecule has 0 aromatic carbocycles. The number of nitrogens with zero attached hydrogens (tertiary/aromatic N) is 2. The van der Waals surface area contributed by atoms with Gasteiger partial charge in [-0.1, -0.05) is 17.1 Å². The van der Waals surface area contributed by atoms with Gasteiger partial charge in [-0.3, -0.25) is 4.79 Å². The van der Waals surface area contributed by atoms with Crippen molar-refractivity contribution in [3.63, 3.8) is 0 Å². The normalized spacial score (nSPS) is 25.7. The van der Waals surface area contributed by atoms with E-state index in [-0.39, 0.29) is 17.5 Å². The van der Waals surface area contributed by atoms with Crippen molar-refractivity contribution < 1.29 is 9.32 Å². The number of carbonyl (C=O) groups is 1. The minimum atomic E-state index is -0.0839. The molecule has 1 unspecified atom stereocenters. The number of carbonyl (C=O) groups excluding carboxylic acids is 1. The van der Waals surface area contributed by atoms with Gasteiger partial charge in [0.15, 0.2) is 5.69 Å². The number of aromatic nitrogens is 1. The monoisotopic (exact) mass is 364 g/mol. The summed E-state index contributed by atoms with van der Waals surface area (Å²) in [4.78, 5) is 12.5. The minimum absolute atomic E-state index is 0.0839. The largest absolute Gasteiger partial charge is 0.360 e. The van der Waals surface area contributed by atoms with Crippen LogP contribution in [0.25, 0.3) is 0 Å². The average molecular weight is 365 g/mol. The fourth-order valence-electron chi connectivity index (χ4n) is 4.01. The highest BCUT2D eigenvalue weighted by Crippen LogP contribution is 2.47.